The SMILES string of the molecule is CNC[C@@H]1CCCN(S(=O)(=O)c2cc(C#N)ccc2C)C1. The predicted molar refractivity (Wildman–Crippen MR) is 81.3 cm³/mol. The second-order valence-corrected chi connectivity index (χ2v) is 7.43. The highest BCUT2D eigenvalue weighted by molar-refractivity contribution is 7.89. The van der Waals surface area contributed by atoms with Crippen LogP contribution in [-0.2, 0) is 10.0 Å². The van der Waals surface area contributed by atoms with Crippen molar-refractivity contribution in [3.05, 3.63) is 29.3 Å². The monoisotopic (exact) mass is 307 g/mol. The number of nitrogens with zero attached hydrogens (tertiary/aromatic N) is 2. The van der Waals surface area contributed by atoms with E-state index in [2.05, 4.69) is 5.32 Å². The van der Waals surface area contributed by atoms with Gasteiger partial charge in [-0.2, -0.15) is 9.57 Å². The first kappa shape index (κ1) is 16.0. The molecule has 0 unspecified atom stereocenters. The van der Waals surface area contributed by atoms with Crippen molar-refractivity contribution < 1.29 is 8.42 Å². The summed E-state index contributed by atoms with van der Waals surface area (Å²) < 4.78 is 27.2. The molecule has 1 aliphatic rings. The van der Waals surface area contributed by atoms with Gasteiger partial charge in [0.25, 0.3) is 0 Å². The van der Waals surface area contributed by atoms with Crippen molar-refractivity contribution >= 4 is 10.0 Å². The summed E-state index contributed by atoms with van der Waals surface area (Å²) in [7, 11) is -1.64. The van der Waals surface area contributed by atoms with E-state index in [0.717, 1.165) is 19.4 Å². The first-order chi connectivity index (χ1) is 9.98. The largest absolute Gasteiger partial charge is 0.319 e. The molecule has 0 aromatic heterocycles. The van der Waals surface area contributed by atoms with E-state index >= 15 is 0 Å². The van der Waals surface area contributed by atoms with Gasteiger partial charge in [0, 0.05) is 13.1 Å². The van der Waals surface area contributed by atoms with Gasteiger partial charge in [0.2, 0.25) is 10.0 Å². The van der Waals surface area contributed by atoms with Gasteiger partial charge >= 0.3 is 0 Å². The lowest BCUT2D eigenvalue weighted by atomic mass is 10.00. The van der Waals surface area contributed by atoms with Crippen molar-refractivity contribution in [3.63, 3.8) is 0 Å². The number of sulfonamides is 1. The second kappa shape index (κ2) is 6.56. The van der Waals surface area contributed by atoms with Gasteiger partial charge in [0.05, 0.1) is 16.5 Å². The Labute approximate surface area is 126 Å². The number of aryl methyl sites for hydroxylation is 1. The van der Waals surface area contributed by atoms with Gasteiger partial charge in [0.1, 0.15) is 0 Å². The highest BCUT2D eigenvalue weighted by Gasteiger charge is 2.31. The van der Waals surface area contributed by atoms with Crippen molar-refractivity contribution in [2.24, 2.45) is 5.92 Å². The molecule has 21 heavy (non-hydrogen) atoms. The minimum absolute atomic E-state index is 0.256. The van der Waals surface area contributed by atoms with E-state index in [0.29, 0.717) is 30.1 Å². The first-order valence-electron chi connectivity index (χ1n) is 7.14. The van der Waals surface area contributed by atoms with E-state index in [1.807, 2.05) is 13.1 Å². The first-order valence-corrected chi connectivity index (χ1v) is 8.58. The molecule has 1 fully saturated rings. The average molecular weight is 307 g/mol. The Hall–Kier alpha value is -1.42. The van der Waals surface area contributed by atoms with Gasteiger partial charge in [-0.3, -0.25) is 0 Å². The number of hydrogen-bond donors (Lipinski definition) is 1. The molecule has 1 atom stereocenters. The zero-order valence-electron chi connectivity index (χ0n) is 12.5. The van der Waals surface area contributed by atoms with Crippen molar-refractivity contribution in [3.8, 4) is 6.07 Å². The second-order valence-electron chi connectivity index (χ2n) is 5.52. The van der Waals surface area contributed by atoms with Gasteiger partial charge in [-0.05, 0) is 57.0 Å². The maximum absolute atomic E-state index is 12.8. The number of hydrogen-bond acceptors (Lipinski definition) is 4. The standard InChI is InChI=1S/C15H21N3O2S/c1-12-5-6-13(9-16)8-15(12)21(19,20)18-7-3-4-14(11-18)10-17-2/h5-6,8,14,17H,3-4,7,10-11H2,1-2H3/t14-/m0/s1. The van der Waals surface area contributed by atoms with Crippen molar-refractivity contribution in [1.29, 1.82) is 5.26 Å². The Kier molecular flexibility index (Phi) is 4.99. The number of rotatable bonds is 4. The maximum Gasteiger partial charge on any atom is 0.243 e. The fourth-order valence-electron chi connectivity index (χ4n) is 2.79. The zero-order valence-corrected chi connectivity index (χ0v) is 13.3. The highest BCUT2D eigenvalue weighted by Crippen LogP contribution is 2.26. The summed E-state index contributed by atoms with van der Waals surface area (Å²) in [5.74, 6) is 0.345. The molecule has 1 aromatic carbocycles. The summed E-state index contributed by atoms with van der Waals surface area (Å²) in [5.41, 5.74) is 1.06. The molecule has 0 spiro atoms. The summed E-state index contributed by atoms with van der Waals surface area (Å²) in [6.07, 6.45) is 1.92. The minimum atomic E-state index is -3.52. The lowest BCUT2D eigenvalue weighted by Crippen LogP contribution is -2.42. The van der Waals surface area contributed by atoms with Gasteiger partial charge < -0.3 is 5.32 Å². The van der Waals surface area contributed by atoms with Crippen LogP contribution in [0.3, 0.4) is 0 Å². The molecule has 0 radical (unpaired) electrons. The molecule has 1 saturated heterocycles. The Morgan fingerprint density at radius 3 is 2.90 bits per heavy atom. The number of nitrogens with one attached hydrogen (secondary N) is 1. The highest BCUT2D eigenvalue weighted by atomic mass is 32.2. The molecule has 6 heteroatoms. The van der Waals surface area contributed by atoms with Crippen LogP contribution in [0.15, 0.2) is 23.1 Å². The predicted octanol–water partition coefficient (Wildman–Crippen LogP) is 1.49. The molecule has 114 valence electrons. The summed E-state index contributed by atoms with van der Waals surface area (Å²) >= 11 is 0. The minimum Gasteiger partial charge on any atom is -0.319 e. The third-order valence-electron chi connectivity index (χ3n) is 3.91. The average Bonchev–Trinajstić information content (AvgIpc) is 2.48. The molecule has 1 aromatic rings. The summed E-state index contributed by atoms with van der Waals surface area (Å²) in [6, 6.07) is 6.83. The maximum atomic E-state index is 12.8. The molecule has 0 aliphatic carbocycles. The van der Waals surface area contributed by atoms with Crippen LogP contribution in [-0.4, -0.2) is 39.4 Å². The van der Waals surface area contributed by atoms with Crippen LogP contribution in [0.25, 0.3) is 0 Å². The van der Waals surface area contributed by atoms with Crippen molar-refractivity contribution in [2.45, 2.75) is 24.7 Å². The zero-order chi connectivity index (χ0) is 15.5. The van der Waals surface area contributed by atoms with Gasteiger partial charge in [0.15, 0.2) is 0 Å². The smallest absolute Gasteiger partial charge is 0.243 e. The van der Waals surface area contributed by atoms with Gasteiger partial charge in [-0.1, -0.05) is 6.07 Å². The molecule has 2 rings (SSSR count). The van der Waals surface area contributed by atoms with Crippen LogP contribution in [0.1, 0.15) is 24.0 Å². The number of piperidine rings is 1. The van der Waals surface area contributed by atoms with Gasteiger partial charge in [-0.15, -0.1) is 0 Å². The van der Waals surface area contributed by atoms with E-state index in [1.165, 1.54) is 6.07 Å². The van der Waals surface area contributed by atoms with Crippen LogP contribution >= 0.6 is 0 Å². The van der Waals surface area contributed by atoms with E-state index < -0.39 is 10.0 Å². The van der Waals surface area contributed by atoms with Crippen LogP contribution in [0.2, 0.25) is 0 Å². The molecule has 5 nitrogen and oxygen atoms in total. The molecular formula is C15H21N3O2S. The van der Waals surface area contributed by atoms with E-state index in [-0.39, 0.29) is 4.90 Å². The summed E-state index contributed by atoms with van der Waals surface area (Å²) in [4.78, 5) is 0.256. The van der Waals surface area contributed by atoms with E-state index in [4.69, 9.17) is 5.26 Å². The molecule has 0 amide bonds. The van der Waals surface area contributed by atoms with Crippen molar-refractivity contribution in [2.75, 3.05) is 26.7 Å². The Morgan fingerprint density at radius 2 is 2.24 bits per heavy atom. The third-order valence-corrected chi connectivity index (χ3v) is 5.92. The lowest BCUT2D eigenvalue weighted by Gasteiger charge is -2.32. The fourth-order valence-corrected chi connectivity index (χ4v) is 4.59. The normalized spacial score (nSPS) is 20.1. The fraction of sp³-hybridized carbons (Fsp3) is 0.533. The lowest BCUT2D eigenvalue weighted by molar-refractivity contribution is 0.263. The topological polar surface area (TPSA) is 73.2 Å². The number of nitriles is 1. The third kappa shape index (κ3) is 3.43. The number of benzene rings is 1. The summed E-state index contributed by atoms with van der Waals surface area (Å²) in [5, 5.41) is 12.1. The molecule has 0 saturated carbocycles. The molecular weight excluding hydrogens is 286 g/mol. The Balaban J connectivity index is 2.31. The molecule has 0 bridgehead atoms. The summed E-state index contributed by atoms with van der Waals surface area (Å²) in [6.45, 7) is 3.68. The van der Waals surface area contributed by atoms with Crippen LogP contribution in [0.4, 0.5) is 0 Å². The molecule has 1 aliphatic heterocycles. The van der Waals surface area contributed by atoms with E-state index in [9.17, 15) is 8.42 Å². The van der Waals surface area contributed by atoms with Crippen LogP contribution in [0.5, 0.6) is 0 Å². The van der Waals surface area contributed by atoms with Crippen LogP contribution < -0.4 is 5.32 Å². The van der Waals surface area contributed by atoms with Gasteiger partial charge in [-0.25, -0.2) is 8.42 Å². The van der Waals surface area contributed by atoms with Crippen molar-refractivity contribution in [1.82, 2.24) is 9.62 Å². The van der Waals surface area contributed by atoms with Crippen LogP contribution in [0, 0.1) is 24.2 Å². The molecule has 1 N–H and O–H groups in total. The quantitative estimate of drug-likeness (QED) is 0.914. The Morgan fingerprint density at radius 1 is 1.48 bits per heavy atom. The van der Waals surface area contributed by atoms with E-state index in [1.54, 1.807) is 23.4 Å². The molecule has 1 heterocycles. The Bertz CT molecular complexity index is 647.